The summed E-state index contributed by atoms with van der Waals surface area (Å²) in [5.74, 6) is -0.0361. The Kier molecular flexibility index (Phi) is 7.04. The van der Waals surface area contributed by atoms with E-state index >= 15 is 0 Å². The van der Waals surface area contributed by atoms with Crippen LogP contribution < -0.4 is 15.5 Å². The molecule has 0 unspecified atom stereocenters. The summed E-state index contributed by atoms with van der Waals surface area (Å²) >= 11 is 0. The summed E-state index contributed by atoms with van der Waals surface area (Å²) in [6.07, 6.45) is 3.90. The number of hydrogen-bond acceptors (Lipinski definition) is 5. The van der Waals surface area contributed by atoms with E-state index in [-0.39, 0.29) is 24.8 Å². The average Bonchev–Trinajstić information content (AvgIpc) is 3.47. The van der Waals surface area contributed by atoms with Gasteiger partial charge in [-0.25, -0.2) is 18.6 Å². The van der Waals surface area contributed by atoms with Crippen LogP contribution in [0.25, 0.3) is 10.9 Å². The van der Waals surface area contributed by atoms with Gasteiger partial charge in [-0.05, 0) is 36.8 Å². The quantitative estimate of drug-likeness (QED) is 0.389. The predicted octanol–water partition coefficient (Wildman–Crippen LogP) is 4.39. The van der Waals surface area contributed by atoms with Crippen LogP contribution in [0.5, 0.6) is 0 Å². The fraction of sp³-hybridized carbons (Fsp3) is 0.250. The molecule has 0 aliphatic rings. The van der Waals surface area contributed by atoms with E-state index in [9.17, 15) is 18.4 Å². The number of nitrogens with one attached hydrogen (secondary N) is 2. The summed E-state index contributed by atoms with van der Waals surface area (Å²) in [6.45, 7) is 0.325. The Hall–Kier alpha value is -4.28. The maximum atomic E-state index is 12.9. The van der Waals surface area contributed by atoms with Crippen molar-refractivity contribution in [1.29, 1.82) is 0 Å². The van der Waals surface area contributed by atoms with Crippen molar-refractivity contribution in [2.45, 2.75) is 19.3 Å². The van der Waals surface area contributed by atoms with Crippen molar-refractivity contribution in [1.82, 2.24) is 24.6 Å². The second-order valence-corrected chi connectivity index (χ2v) is 7.93. The van der Waals surface area contributed by atoms with E-state index in [1.54, 1.807) is 44.8 Å². The van der Waals surface area contributed by atoms with Gasteiger partial charge in [0.05, 0.1) is 17.3 Å². The molecule has 0 bridgehead atoms. The molecule has 0 saturated carbocycles. The zero-order chi connectivity index (χ0) is 24.9. The summed E-state index contributed by atoms with van der Waals surface area (Å²) in [6, 6.07) is 10.5. The summed E-state index contributed by atoms with van der Waals surface area (Å²) in [4.78, 5) is 30.7. The van der Waals surface area contributed by atoms with Gasteiger partial charge >= 0.3 is 6.03 Å². The van der Waals surface area contributed by atoms with Gasteiger partial charge in [-0.1, -0.05) is 0 Å². The number of carbonyl (C=O) groups excluding carboxylic acids is 2. The lowest BCUT2D eigenvalue weighted by molar-refractivity contribution is 0.102. The van der Waals surface area contributed by atoms with E-state index < -0.39 is 6.43 Å². The van der Waals surface area contributed by atoms with Crippen molar-refractivity contribution in [2.24, 2.45) is 7.05 Å². The lowest BCUT2D eigenvalue weighted by atomic mass is 10.1. The van der Waals surface area contributed by atoms with E-state index in [0.717, 1.165) is 16.6 Å². The second kappa shape index (κ2) is 10.3. The van der Waals surface area contributed by atoms with Crippen molar-refractivity contribution < 1.29 is 18.4 Å². The number of hydrogen-bond donors (Lipinski definition) is 2. The minimum atomic E-state index is -2.40. The largest absolute Gasteiger partial charge is 0.341 e. The number of benzene rings is 1. The monoisotopic (exact) mass is 481 g/mol. The fourth-order valence-electron chi connectivity index (χ4n) is 3.79. The average molecular weight is 482 g/mol. The lowest BCUT2D eigenvalue weighted by Gasteiger charge is -2.25. The molecule has 3 aromatic heterocycles. The van der Waals surface area contributed by atoms with Crippen LogP contribution in [0.1, 0.15) is 23.2 Å². The van der Waals surface area contributed by atoms with Crippen LogP contribution in [0.4, 0.5) is 30.8 Å². The zero-order valence-corrected chi connectivity index (χ0v) is 19.3. The molecule has 1 aromatic carbocycles. The number of halogens is 2. The van der Waals surface area contributed by atoms with Crippen LogP contribution in [-0.4, -0.2) is 51.3 Å². The van der Waals surface area contributed by atoms with E-state index in [4.69, 9.17) is 0 Å². The van der Waals surface area contributed by atoms with Crippen molar-refractivity contribution in [3.05, 3.63) is 66.7 Å². The highest BCUT2D eigenvalue weighted by Gasteiger charge is 2.16. The minimum absolute atomic E-state index is 0.235. The number of alkyl halides is 2. The van der Waals surface area contributed by atoms with E-state index in [1.165, 1.54) is 15.4 Å². The van der Waals surface area contributed by atoms with Crippen LogP contribution in [0.15, 0.2) is 61.2 Å². The van der Waals surface area contributed by atoms with Crippen LogP contribution in [0.3, 0.4) is 0 Å². The number of anilines is 3. The molecule has 2 amide bonds. The van der Waals surface area contributed by atoms with Gasteiger partial charge in [0.15, 0.2) is 0 Å². The van der Waals surface area contributed by atoms with Crippen molar-refractivity contribution in [3.63, 3.8) is 0 Å². The van der Waals surface area contributed by atoms with Gasteiger partial charge in [0, 0.05) is 68.5 Å². The predicted molar refractivity (Wildman–Crippen MR) is 129 cm³/mol. The molecule has 11 heteroatoms. The van der Waals surface area contributed by atoms with Crippen LogP contribution in [0, 0.1) is 0 Å². The zero-order valence-electron chi connectivity index (χ0n) is 19.3. The first-order valence-corrected chi connectivity index (χ1v) is 11.0. The number of pyridine rings is 1. The number of carbonyl (C=O) groups is 2. The highest BCUT2D eigenvalue weighted by Crippen LogP contribution is 2.31. The molecule has 0 aliphatic carbocycles. The molecular formula is C24H25F2N7O2. The van der Waals surface area contributed by atoms with Gasteiger partial charge in [0.25, 0.3) is 5.91 Å². The van der Waals surface area contributed by atoms with Gasteiger partial charge in [-0.3, -0.25) is 14.0 Å². The standard InChI is InChI=1S/C24H25F2N7O2/c1-27-24(35)33-11-8-16-12-18(5-6-20(16)33)32(10-3-4-21(25)26)19-7-9-28-22(13-19)30-23(34)17-14-29-31(2)15-17/h5-9,11-15,21H,3-4,10H2,1-2H3,(H,27,35)(H,28,30,34). The highest BCUT2D eigenvalue weighted by molar-refractivity contribution is 6.03. The Bertz CT molecular complexity index is 1350. The van der Waals surface area contributed by atoms with Gasteiger partial charge in [-0.15, -0.1) is 0 Å². The maximum Gasteiger partial charge on any atom is 0.325 e. The molecule has 2 N–H and O–H groups in total. The molecule has 0 aliphatic heterocycles. The van der Waals surface area contributed by atoms with Crippen molar-refractivity contribution >= 4 is 40.0 Å². The summed E-state index contributed by atoms with van der Waals surface area (Å²) < 4.78 is 28.7. The maximum absolute atomic E-state index is 12.9. The molecule has 0 fully saturated rings. The molecule has 3 heterocycles. The second-order valence-electron chi connectivity index (χ2n) is 7.93. The SMILES string of the molecule is CNC(=O)n1ccc2cc(N(CCCC(F)F)c3ccnc(NC(=O)c4cnn(C)c4)c3)ccc21. The van der Waals surface area contributed by atoms with E-state index in [2.05, 4.69) is 20.7 Å². The van der Waals surface area contributed by atoms with Crippen LogP contribution in [-0.2, 0) is 7.05 Å². The minimum Gasteiger partial charge on any atom is -0.341 e. The Morgan fingerprint density at radius 1 is 1.14 bits per heavy atom. The molecule has 182 valence electrons. The Morgan fingerprint density at radius 3 is 2.66 bits per heavy atom. The molecule has 0 spiro atoms. The number of fused-ring (bicyclic) bond motifs is 1. The fourth-order valence-corrected chi connectivity index (χ4v) is 3.79. The number of nitrogens with zero attached hydrogens (tertiary/aromatic N) is 5. The summed E-state index contributed by atoms with van der Waals surface area (Å²) in [5.41, 5.74) is 2.55. The highest BCUT2D eigenvalue weighted by atomic mass is 19.3. The Morgan fingerprint density at radius 2 is 1.94 bits per heavy atom. The topological polar surface area (TPSA) is 97.1 Å². The van der Waals surface area contributed by atoms with E-state index in [0.29, 0.717) is 23.6 Å². The number of rotatable bonds is 8. The number of aromatic nitrogens is 4. The van der Waals surface area contributed by atoms with Crippen LogP contribution >= 0.6 is 0 Å². The lowest BCUT2D eigenvalue weighted by Crippen LogP contribution is -2.23. The van der Waals surface area contributed by atoms with Gasteiger partial charge < -0.3 is 15.5 Å². The first kappa shape index (κ1) is 23.9. The normalized spacial score (nSPS) is 11.1. The van der Waals surface area contributed by atoms with Crippen molar-refractivity contribution in [3.8, 4) is 0 Å². The van der Waals surface area contributed by atoms with Crippen LogP contribution in [0.2, 0.25) is 0 Å². The molecule has 0 atom stereocenters. The van der Waals surface area contributed by atoms with E-state index in [1.807, 2.05) is 29.2 Å². The first-order valence-electron chi connectivity index (χ1n) is 11.0. The first-order chi connectivity index (χ1) is 16.9. The van der Waals surface area contributed by atoms with Gasteiger partial charge in [-0.2, -0.15) is 5.10 Å². The molecule has 0 radical (unpaired) electrons. The van der Waals surface area contributed by atoms with Gasteiger partial charge in [0.1, 0.15) is 5.82 Å². The van der Waals surface area contributed by atoms with Crippen molar-refractivity contribution in [2.75, 3.05) is 23.8 Å². The molecule has 35 heavy (non-hydrogen) atoms. The molecule has 4 rings (SSSR count). The third-order valence-electron chi connectivity index (χ3n) is 5.49. The molecular weight excluding hydrogens is 456 g/mol. The smallest absolute Gasteiger partial charge is 0.325 e. The van der Waals surface area contributed by atoms with Gasteiger partial charge in [0.2, 0.25) is 6.43 Å². The Labute approximate surface area is 200 Å². The molecule has 9 nitrogen and oxygen atoms in total. The number of aryl methyl sites for hydroxylation is 1. The Balaban J connectivity index is 1.64. The summed E-state index contributed by atoms with van der Waals surface area (Å²) in [7, 11) is 3.27. The summed E-state index contributed by atoms with van der Waals surface area (Å²) in [5, 5.41) is 10.2. The molecule has 4 aromatic rings. The third kappa shape index (κ3) is 5.45. The third-order valence-corrected chi connectivity index (χ3v) is 5.49. The number of amides is 2. The molecule has 0 saturated heterocycles.